The second-order valence-corrected chi connectivity index (χ2v) is 8.01. The van der Waals surface area contributed by atoms with Crippen LogP contribution < -0.4 is 10.2 Å². The minimum Gasteiger partial charge on any atom is -0.365 e. The van der Waals surface area contributed by atoms with E-state index in [0.717, 1.165) is 40.6 Å². The molecule has 4 rings (SSSR count). The lowest BCUT2D eigenvalue weighted by atomic mass is 10.1. The molecule has 8 heteroatoms. The number of anilines is 2. The summed E-state index contributed by atoms with van der Waals surface area (Å²) in [5, 5.41) is 15.4. The van der Waals surface area contributed by atoms with Gasteiger partial charge in [0.15, 0.2) is 0 Å². The Balaban J connectivity index is 1.63. The Morgan fingerprint density at radius 3 is 2.81 bits per heavy atom. The van der Waals surface area contributed by atoms with E-state index in [1.807, 2.05) is 6.07 Å². The van der Waals surface area contributed by atoms with Gasteiger partial charge in [0, 0.05) is 36.6 Å². The van der Waals surface area contributed by atoms with Crippen molar-refractivity contribution in [3.63, 3.8) is 0 Å². The summed E-state index contributed by atoms with van der Waals surface area (Å²) in [6.07, 6.45) is 3.59. The van der Waals surface area contributed by atoms with Crippen molar-refractivity contribution in [2.24, 2.45) is 0 Å². The van der Waals surface area contributed by atoms with E-state index in [-0.39, 0.29) is 10.6 Å². The summed E-state index contributed by atoms with van der Waals surface area (Å²) in [7, 11) is 0. The summed E-state index contributed by atoms with van der Waals surface area (Å²) in [5.74, 6) is 1.56. The molecular weight excluding hydrogens is 362 g/mol. The lowest BCUT2D eigenvalue weighted by Gasteiger charge is -2.27. The van der Waals surface area contributed by atoms with Crippen LogP contribution in [-0.2, 0) is 6.54 Å². The van der Waals surface area contributed by atoms with Crippen LogP contribution in [0.15, 0.2) is 30.3 Å². The molecule has 1 aliphatic heterocycles. The summed E-state index contributed by atoms with van der Waals surface area (Å²) < 4.78 is 0. The fourth-order valence-corrected chi connectivity index (χ4v) is 4.24. The zero-order valence-corrected chi connectivity index (χ0v) is 16.0. The van der Waals surface area contributed by atoms with Gasteiger partial charge in [-0.1, -0.05) is 12.1 Å². The lowest BCUT2D eigenvalue weighted by Crippen LogP contribution is -2.31. The van der Waals surface area contributed by atoms with Crippen molar-refractivity contribution in [3.8, 4) is 0 Å². The number of fused-ring (bicyclic) bond motifs is 1. The van der Waals surface area contributed by atoms with E-state index in [1.54, 1.807) is 23.5 Å². The molecule has 0 radical (unpaired) electrons. The van der Waals surface area contributed by atoms with Gasteiger partial charge in [-0.15, -0.1) is 11.3 Å². The molecule has 3 aromatic rings. The summed E-state index contributed by atoms with van der Waals surface area (Å²) in [4.78, 5) is 24.6. The zero-order chi connectivity index (χ0) is 18.8. The Morgan fingerprint density at radius 1 is 1.22 bits per heavy atom. The maximum Gasteiger partial charge on any atom is 0.269 e. The second kappa shape index (κ2) is 7.48. The lowest BCUT2D eigenvalue weighted by molar-refractivity contribution is -0.384. The van der Waals surface area contributed by atoms with Gasteiger partial charge in [-0.25, -0.2) is 4.98 Å². The third-order valence-electron chi connectivity index (χ3n) is 4.72. The van der Waals surface area contributed by atoms with Crippen LogP contribution in [0.3, 0.4) is 0 Å². The standard InChI is InChI=1S/C19H21N5O2S/c1-13-10-16-17(20-12-14-6-5-7-15(11-14)24(25)26)21-19(22-18(16)27-13)23-8-3-2-4-9-23/h5-7,10-11H,2-4,8-9,12H2,1H3,(H,20,21,22). The summed E-state index contributed by atoms with van der Waals surface area (Å²) in [6, 6.07) is 8.77. The molecule has 0 unspecified atom stereocenters. The molecule has 1 saturated heterocycles. The highest BCUT2D eigenvalue weighted by molar-refractivity contribution is 7.18. The molecule has 0 aliphatic carbocycles. The molecule has 1 aromatic carbocycles. The van der Waals surface area contributed by atoms with Gasteiger partial charge in [0.1, 0.15) is 10.6 Å². The second-order valence-electron chi connectivity index (χ2n) is 6.78. The van der Waals surface area contributed by atoms with E-state index in [2.05, 4.69) is 23.2 Å². The highest BCUT2D eigenvalue weighted by Gasteiger charge is 2.17. The van der Waals surface area contributed by atoms with Crippen molar-refractivity contribution in [3.05, 3.63) is 50.9 Å². The number of hydrogen-bond donors (Lipinski definition) is 1. The number of hydrogen-bond acceptors (Lipinski definition) is 7. The third-order valence-corrected chi connectivity index (χ3v) is 5.67. The predicted octanol–water partition coefficient (Wildman–Crippen LogP) is 4.51. The highest BCUT2D eigenvalue weighted by Crippen LogP contribution is 2.31. The molecule has 1 N–H and O–H groups in total. The molecule has 0 saturated carbocycles. The fourth-order valence-electron chi connectivity index (χ4n) is 3.37. The summed E-state index contributed by atoms with van der Waals surface area (Å²) in [5.41, 5.74) is 0.949. The maximum absolute atomic E-state index is 11.0. The van der Waals surface area contributed by atoms with Crippen LogP contribution in [0.1, 0.15) is 29.7 Å². The number of nitrogens with zero attached hydrogens (tertiary/aromatic N) is 4. The highest BCUT2D eigenvalue weighted by atomic mass is 32.1. The third kappa shape index (κ3) is 3.85. The number of nitro benzene ring substituents is 1. The van der Waals surface area contributed by atoms with Gasteiger partial charge in [-0.05, 0) is 37.8 Å². The van der Waals surface area contributed by atoms with Gasteiger partial charge < -0.3 is 10.2 Å². The number of rotatable bonds is 5. The number of nitro groups is 1. The van der Waals surface area contributed by atoms with Gasteiger partial charge in [0.05, 0.1) is 10.3 Å². The zero-order valence-electron chi connectivity index (χ0n) is 15.1. The molecule has 3 heterocycles. The smallest absolute Gasteiger partial charge is 0.269 e. The quantitative estimate of drug-likeness (QED) is 0.515. The van der Waals surface area contributed by atoms with E-state index in [1.165, 1.54) is 30.2 Å². The molecule has 7 nitrogen and oxygen atoms in total. The average molecular weight is 383 g/mol. The summed E-state index contributed by atoms with van der Waals surface area (Å²) >= 11 is 1.67. The molecule has 1 aliphatic rings. The fraction of sp³-hybridized carbons (Fsp3) is 0.368. The Hall–Kier alpha value is -2.74. The molecule has 140 valence electrons. The van der Waals surface area contributed by atoms with Crippen molar-refractivity contribution >= 4 is 39.0 Å². The number of non-ortho nitro benzene ring substituents is 1. The number of piperidine rings is 1. The summed E-state index contributed by atoms with van der Waals surface area (Å²) in [6.45, 7) is 4.51. The molecular formula is C19H21N5O2S. The number of nitrogens with one attached hydrogen (secondary N) is 1. The Kier molecular flexibility index (Phi) is 4.89. The van der Waals surface area contributed by atoms with Crippen molar-refractivity contribution in [2.75, 3.05) is 23.3 Å². The van der Waals surface area contributed by atoms with Crippen LogP contribution in [0.5, 0.6) is 0 Å². The molecule has 27 heavy (non-hydrogen) atoms. The molecule has 0 amide bonds. The van der Waals surface area contributed by atoms with E-state index >= 15 is 0 Å². The van der Waals surface area contributed by atoms with Crippen LogP contribution in [0.2, 0.25) is 0 Å². The molecule has 0 atom stereocenters. The van der Waals surface area contributed by atoms with E-state index in [0.29, 0.717) is 6.54 Å². The van der Waals surface area contributed by atoms with Gasteiger partial charge in [0.2, 0.25) is 5.95 Å². The minimum absolute atomic E-state index is 0.0996. The minimum atomic E-state index is -0.372. The van der Waals surface area contributed by atoms with Gasteiger partial charge in [-0.2, -0.15) is 4.98 Å². The van der Waals surface area contributed by atoms with Crippen LogP contribution in [-0.4, -0.2) is 28.0 Å². The van der Waals surface area contributed by atoms with Crippen molar-refractivity contribution in [1.29, 1.82) is 0 Å². The van der Waals surface area contributed by atoms with Crippen LogP contribution in [0, 0.1) is 17.0 Å². The monoisotopic (exact) mass is 383 g/mol. The molecule has 0 spiro atoms. The largest absolute Gasteiger partial charge is 0.365 e. The van der Waals surface area contributed by atoms with Gasteiger partial charge >= 0.3 is 0 Å². The Morgan fingerprint density at radius 2 is 2.04 bits per heavy atom. The number of benzene rings is 1. The Labute approximate surface area is 161 Å². The van der Waals surface area contributed by atoms with Crippen molar-refractivity contribution in [2.45, 2.75) is 32.7 Å². The number of thiophene rings is 1. The first-order valence-corrected chi connectivity index (χ1v) is 9.92. The molecule has 0 bridgehead atoms. The van der Waals surface area contributed by atoms with Crippen LogP contribution >= 0.6 is 11.3 Å². The first kappa shape index (κ1) is 17.7. The number of aromatic nitrogens is 2. The average Bonchev–Trinajstić information content (AvgIpc) is 3.07. The Bertz CT molecular complexity index is 981. The van der Waals surface area contributed by atoms with Crippen LogP contribution in [0.25, 0.3) is 10.2 Å². The molecule has 2 aromatic heterocycles. The molecule has 1 fully saturated rings. The first-order chi connectivity index (χ1) is 13.1. The van der Waals surface area contributed by atoms with Crippen LogP contribution in [0.4, 0.5) is 17.5 Å². The van der Waals surface area contributed by atoms with E-state index in [9.17, 15) is 10.1 Å². The normalized spacial score (nSPS) is 14.5. The van der Waals surface area contributed by atoms with Crippen molar-refractivity contribution < 1.29 is 4.92 Å². The van der Waals surface area contributed by atoms with E-state index in [4.69, 9.17) is 9.97 Å². The van der Waals surface area contributed by atoms with Gasteiger partial charge in [0.25, 0.3) is 5.69 Å². The van der Waals surface area contributed by atoms with Crippen molar-refractivity contribution in [1.82, 2.24) is 9.97 Å². The van der Waals surface area contributed by atoms with E-state index < -0.39 is 0 Å². The predicted molar refractivity (Wildman–Crippen MR) is 109 cm³/mol. The maximum atomic E-state index is 11.0. The SMILES string of the molecule is Cc1cc2c(NCc3cccc([N+](=O)[O-])c3)nc(N3CCCCC3)nc2s1. The first-order valence-electron chi connectivity index (χ1n) is 9.10. The topological polar surface area (TPSA) is 84.2 Å². The number of aryl methyl sites for hydroxylation is 1. The van der Waals surface area contributed by atoms with Gasteiger partial charge in [-0.3, -0.25) is 10.1 Å².